The zero-order valence-corrected chi connectivity index (χ0v) is 14.6. The molecule has 2 saturated heterocycles. The molecular weight excluding hydrogens is 332 g/mol. The van der Waals surface area contributed by atoms with Crippen LogP contribution < -0.4 is 0 Å². The van der Waals surface area contributed by atoms with Gasteiger partial charge in [-0.05, 0) is 19.3 Å². The summed E-state index contributed by atoms with van der Waals surface area (Å²) >= 11 is 0. The second kappa shape index (κ2) is 7.27. The third-order valence-corrected chi connectivity index (χ3v) is 5.09. The summed E-state index contributed by atoms with van der Waals surface area (Å²) < 4.78 is 5.47. The molecule has 0 spiro atoms. The standard InChI is InChI=1S/C19H22N4O3/c24-16-9-5-11-23(16)13-17(25)22-10-4-8-15(12-22)19-20-18(21-26-19)14-6-2-1-3-7-14/h1-3,6-7,15H,4-5,8-13H2/t15-/m0/s1. The second-order valence-corrected chi connectivity index (χ2v) is 6.92. The predicted molar refractivity (Wildman–Crippen MR) is 94.1 cm³/mol. The van der Waals surface area contributed by atoms with E-state index in [4.69, 9.17) is 4.52 Å². The fourth-order valence-corrected chi connectivity index (χ4v) is 3.65. The van der Waals surface area contributed by atoms with Gasteiger partial charge in [0.05, 0.1) is 12.5 Å². The van der Waals surface area contributed by atoms with Crippen molar-refractivity contribution in [2.45, 2.75) is 31.6 Å². The lowest BCUT2D eigenvalue weighted by molar-refractivity contribution is -0.139. The summed E-state index contributed by atoms with van der Waals surface area (Å²) in [5.41, 5.74) is 0.916. The molecule has 0 saturated carbocycles. The van der Waals surface area contributed by atoms with Crippen LogP contribution in [0.3, 0.4) is 0 Å². The number of nitrogens with zero attached hydrogens (tertiary/aromatic N) is 4. The highest BCUT2D eigenvalue weighted by molar-refractivity contribution is 5.86. The third kappa shape index (κ3) is 3.47. The van der Waals surface area contributed by atoms with E-state index in [1.165, 1.54) is 0 Å². The van der Waals surface area contributed by atoms with Crippen molar-refractivity contribution in [1.29, 1.82) is 0 Å². The molecule has 1 aromatic carbocycles. The first-order chi connectivity index (χ1) is 12.7. The van der Waals surface area contributed by atoms with Gasteiger partial charge >= 0.3 is 0 Å². The van der Waals surface area contributed by atoms with Crippen LogP contribution in [-0.2, 0) is 9.59 Å². The maximum Gasteiger partial charge on any atom is 0.242 e. The van der Waals surface area contributed by atoms with Gasteiger partial charge in [-0.25, -0.2) is 0 Å². The van der Waals surface area contributed by atoms with E-state index in [-0.39, 0.29) is 24.3 Å². The number of benzene rings is 1. The summed E-state index contributed by atoms with van der Waals surface area (Å²) in [6.07, 6.45) is 3.22. The van der Waals surface area contributed by atoms with Gasteiger partial charge in [0.15, 0.2) is 0 Å². The number of carbonyl (C=O) groups is 2. The minimum absolute atomic E-state index is 0.00717. The second-order valence-electron chi connectivity index (χ2n) is 6.92. The number of rotatable bonds is 4. The first-order valence-electron chi connectivity index (χ1n) is 9.15. The van der Waals surface area contributed by atoms with Gasteiger partial charge in [-0.3, -0.25) is 9.59 Å². The molecule has 0 unspecified atom stereocenters. The molecular formula is C19H22N4O3. The zero-order valence-electron chi connectivity index (χ0n) is 14.6. The van der Waals surface area contributed by atoms with Gasteiger partial charge in [0.2, 0.25) is 23.5 Å². The van der Waals surface area contributed by atoms with Crippen molar-refractivity contribution in [3.63, 3.8) is 0 Å². The zero-order chi connectivity index (χ0) is 17.9. The largest absolute Gasteiger partial charge is 0.340 e. The number of carbonyl (C=O) groups excluding carboxylic acids is 2. The van der Waals surface area contributed by atoms with Gasteiger partial charge in [-0.2, -0.15) is 4.98 Å². The lowest BCUT2D eigenvalue weighted by Gasteiger charge is -2.32. The monoisotopic (exact) mass is 354 g/mol. The molecule has 136 valence electrons. The minimum Gasteiger partial charge on any atom is -0.340 e. The maximum atomic E-state index is 12.6. The lowest BCUT2D eigenvalue weighted by atomic mass is 9.98. The van der Waals surface area contributed by atoms with Crippen molar-refractivity contribution in [2.75, 3.05) is 26.2 Å². The van der Waals surface area contributed by atoms with Crippen LogP contribution in [-0.4, -0.2) is 57.9 Å². The molecule has 2 amide bonds. The summed E-state index contributed by atoms with van der Waals surface area (Å²) in [4.78, 5) is 32.3. The van der Waals surface area contributed by atoms with Crippen molar-refractivity contribution in [3.8, 4) is 11.4 Å². The Bertz CT molecular complexity index is 789. The predicted octanol–water partition coefficient (Wildman–Crippen LogP) is 2.07. The van der Waals surface area contributed by atoms with Crippen molar-refractivity contribution in [2.24, 2.45) is 0 Å². The minimum atomic E-state index is 0.00717. The molecule has 0 N–H and O–H groups in total. The van der Waals surface area contributed by atoms with E-state index in [1.54, 1.807) is 4.90 Å². The van der Waals surface area contributed by atoms with Crippen molar-refractivity contribution >= 4 is 11.8 Å². The van der Waals surface area contributed by atoms with E-state index < -0.39 is 0 Å². The molecule has 4 rings (SSSR count). The number of amides is 2. The fourth-order valence-electron chi connectivity index (χ4n) is 3.65. The molecule has 0 aliphatic carbocycles. The highest BCUT2D eigenvalue weighted by Gasteiger charge is 2.31. The van der Waals surface area contributed by atoms with E-state index in [9.17, 15) is 9.59 Å². The van der Waals surface area contributed by atoms with Crippen LogP contribution in [0.2, 0.25) is 0 Å². The molecule has 2 aliphatic rings. The first kappa shape index (κ1) is 16.8. The fraction of sp³-hybridized carbons (Fsp3) is 0.474. The van der Waals surface area contributed by atoms with E-state index >= 15 is 0 Å². The van der Waals surface area contributed by atoms with Crippen LogP contribution in [0.1, 0.15) is 37.5 Å². The number of hydrogen-bond acceptors (Lipinski definition) is 5. The van der Waals surface area contributed by atoms with Crippen molar-refractivity contribution in [1.82, 2.24) is 19.9 Å². The van der Waals surface area contributed by atoms with Crippen molar-refractivity contribution in [3.05, 3.63) is 36.2 Å². The normalized spacial score (nSPS) is 20.6. The first-order valence-corrected chi connectivity index (χ1v) is 9.15. The molecule has 2 fully saturated rings. The third-order valence-electron chi connectivity index (χ3n) is 5.09. The molecule has 26 heavy (non-hydrogen) atoms. The Morgan fingerprint density at radius 2 is 2.04 bits per heavy atom. The summed E-state index contributed by atoms with van der Waals surface area (Å²) in [6, 6.07) is 9.70. The lowest BCUT2D eigenvalue weighted by Crippen LogP contribution is -2.45. The Kier molecular flexibility index (Phi) is 4.69. The average Bonchev–Trinajstić information content (AvgIpc) is 3.32. The summed E-state index contributed by atoms with van der Waals surface area (Å²) in [5, 5.41) is 4.08. The number of likely N-dealkylation sites (tertiary alicyclic amines) is 2. The molecule has 1 atom stereocenters. The number of hydrogen-bond donors (Lipinski definition) is 0. The molecule has 7 heteroatoms. The van der Waals surface area contributed by atoms with Gasteiger partial charge < -0.3 is 14.3 Å². The van der Waals surface area contributed by atoms with Crippen molar-refractivity contribution < 1.29 is 14.1 Å². The molecule has 1 aromatic heterocycles. The summed E-state index contributed by atoms with van der Waals surface area (Å²) in [6.45, 7) is 2.16. The highest BCUT2D eigenvalue weighted by atomic mass is 16.5. The van der Waals surface area contributed by atoms with Crippen LogP contribution >= 0.6 is 0 Å². The Hall–Kier alpha value is -2.70. The molecule has 7 nitrogen and oxygen atoms in total. The van der Waals surface area contributed by atoms with Crippen LogP contribution in [0.15, 0.2) is 34.9 Å². The number of piperidine rings is 1. The van der Waals surface area contributed by atoms with Crippen LogP contribution in [0.5, 0.6) is 0 Å². The smallest absolute Gasteiger partial charge is 0.242 e. The van der Waals surface area contributed by atoms with E-state index in [0.717, 1.165) is 31.4 Å². The van der Waals surface area contributed by atoms with Gasteiger partial charge in [0.1, 0.15) is 0 Å². The Balaban J connectivity index is 1.41. The summed E-state index contributed by atoms with van der Waals surface area (Å²) in [5.74, 6) is 1.29. The molecule has 3 heterocycles. The van der Waals surface area contributed by atoms with Gasteiger partial charge in [0.25, 0.3) is 0 Å². The van der Waals surface area contributed by atoms with E-state index in [0.29, 0.717) is 31.2 Å². The SMILES string of the molecule is O=C1CCCN1CC(=O)N1CCC[C@H](c2nc(-c3ccccc3)no2)C1. The van der Waals surface area contributed by atoms with Gasteiger partial charge in [0, 0.05) is 31.6 Å². The Morgan fingerprint density at radius 3 is 2.81 bits per heavy atom. The Morgan fingerprint density at radius 1 is 1.19 bits per heavy atom. The van der Waals surface area contributed by atoms with E-state index in [2.05, 4.69) is 10.1 Å². The van der Waals surface area contributed by atoms with Gasteiger partial charge in [-0.15, -0.1) is 0 Å². The topological polar surface area (TPSA) is 79.5 Å². The number of aromatic nitrogens is 2. The molecule has 2 aliphatic heterocycles. The van der Waals surface area contributed by atoms with Crippen LogP contribution in [0, 0.1) is 0 Å². The van der Waals surface area contributed by atoms with Gasteiger partial charge in [-0.1, -0.05) is 35.5 Å². The van der Waals surface area contributed by atoms with Crippen LogP contribution in [0.4, 0.5) is 0 Å². The molecule has 0 bridgehead atoms. The Labute approximate surface area is 152 Å². The average molecular weight is 354 g/mol. The quantitative estimate of drug-likeness (QED) is 0.840. The highest BCUT2D eigenvalue weighted by Crippen LogP contribution is 2.27. The molecule has 0 radical (unpaired) electrons. The molecule has 2 aromatic rings. The van der Waals surface area contributed by atoms with Crippen LogP contribution in [0.25, 0.3) is 11.4 Å². The maximum absolute atomic E-state index is 12.6. The summed E-state index contributed by atoms with van der Waals surface area (Å²) in [7, 11) is 0. The van der Waals surface area contributed by atoms with E-state index in [1.807, 2.05) is 35.2 Å².